The van der Waals surface area contributed by atoms with E-state index in [-0.39, 0.29) is 40.4 Å². The molecule has 0 aromatic heterocycles. The zero-order valence-electron chi connectivity index (χ0n) is 25.9. The Labute approximate surface area is 274 Å². The lowest BCUT2D eigenvalue weighted by atomic mass is 10.0. The summed E-state index contributed by atoms with van der Waals surface area (Å²) >= 11 is 6.32. The van der Waals surface area contributed by atoms with Crippen molar-refractivity contribution in [3.05, 3.63) is 125 Å². The number of carbonyl (C=O) groups excluding carboxylic acids is 2. The van der Waals surface area contributed by atoms with E-state index in [1.165, 1.54) is 60.5 Å². The molecule has 0 saturated heterocycles. The number of sulfonamides is 1. The Morgan fingerprint density at radius 1 is 0.913 bits per heavy atom. The molecular formula is C35H37ClFN3O5S. The number of nitrogens with one attached hydrogen (secondary N) is 1. The molecule has 4 aromatic rings. The van der Waals surface area contributed by atoms with E-state index in [9.17, 15) is 22.4 Å². The minimum Gasteiger partial charge on any atom is -0.495 e. The lowest BCUT2D eigenvalue weighted by Crippen LogP contribution is -2.54. The van der Waals surface area contributed by atoms with E-state index in [0.717, 1.165) is 9.87 Å². The minimum atomic E-state index is -4.34. The van der Waals surface area contributed by atoms with E-state index in [1.54, 1.807) is 24.3 Å². The lowest BCUT2D eigenvalue weighted by Gasteiger charge is -2.34. The number of hydrogen-bond donors (Lipinski definition) is 1. The number of carbonyl (C=O) groups is 2. The van der Waals surface area contributed by atoms with E-state index in [2.05, 4.69) is 5.32 Å². The molecule has 1 N–H and O–H groups in total. The van der Waals surface area contributed by atoms with E-state index < -0.39 is 40.2 Å². The van der Waals surface area contributed by atoms with Gasteiger partial charge in [-0.1, -0.05) is 79.2 Å². The van der Waals surface area contributed by atoms with Gasteiger partial charge in [0.2, 0.25) is 11.8 Å². The number of hydrogen-bond acceptors (Lipinski definition) is 5. The molecule has 4 aromatic carbocycles. The fraction of sp³-hybridized carbons (Fsp3) is 0.257. The number of benzene rings is 4. The van der Waals surface area contributed by atoms with E-state index in [1.807, 2.05) is 44.2 Å². The predicted octanol–water partition coefficient (Wildman–Crippen LogP) is 6.24. The molecule has 8 nitrogen and oxygen atoms in total. The summed E-state index contributed by atoms with van der Waals surface area (Å²) in [6.45, 7) is 3.03. The van der Waals surface area contributed by atoms with Gasteiger partial charge in [0.05, 0.1) is 17.7 Å². The molecule has 0 radical (unpaired) electrons. The summed E-state index contributed by atoms with van der Waals surface area (Å²) in [5.41, 5.74) is 1.41. The number of anilines is 1. The van der Waals surface area contributed by atoms with Crippen molar-refractivity contribution in [1.29, 1.82) is 0 Å². The maximum atomic E-state index is 14.5. The highest BCUT2D eigenvalue weighted by atomic mass is 35.5. The SMILES string of the molecule is CC[C@H](C)NC(=O)[C@H](Cc1ccccc1)N(Cc1ccc(F)cc1)C(=O)CN(c1cc(Cl)ccc1OC)S(=O)(=O)c1ccccc1. The molecule has 0 aliphatic heterocycles. The van der Waals surface area contributed by atoms with Crippen LogP contribution in [0.5, 0.6) is 5.75 Å². The van der Waals surface area contributed by atoms with Crippen molar-refractivity contribution < 1.29 is 27.1 Å². The summed E-state index contributed by atoms with van der Waals surface area (Å²) in [4.78, 5) is 29.7. The number of methoxy groups -OCH3 is 1. The van der Waals surface area contributed by atoms with Gasteiger partial charge < -0.3 is 15.0 Å². The topological polar surface area (TPSA) is 96.0 Å². The van der Waals surface area contributed by atoms with Crippen molar-refractivity contribution in [3.8, 4) is 5.75 Å². The maximum Gasteiger partial charge on any atom is 0.264 e. The molecule has 2 atom stereocenters. The number of amides is 2. The predicted molar refractivity (Wildman–Crippen MR) is 178 cm³/mol. The van der Waals surface area contributed by atoms with Crippen molar-refractivity contribution in [3.63, 3.8) is 0 Å². The molecule has 11 heteroatoms. The molecule has 4 rings (SSSR count). The van der Waals surface area contributed by atoms with Gasteiger partial charge in [0.25, 0.3) is 10.0 Å². The highest BCUT2D eigenvalue weighted by Crippen LogP contribution is 2.35. The van der Waals surface area contributed by atoms with Crippen LogP contribution in [0.1, 0.15) is 31.4 Å². The number of rotatable bonds is 14. The summed E-state index contributed by atoms with van der Waals surface area (Å²) < 4.78 is 48.7. The van der Waals surface area contributed by atoms with Crippen LogP contribution in [0.25, 0.3) is 0 Å². The Morgan fingerprint density at radius 3 is 2.15 bits per heavy atom. The Morgan fingerprint density at radius 2 is 1.54 bits per heavy atom. The van der Waals surface area contributed by atoms with Crippen LogP contribution in [0, 0.1) is 5.82 Å². The van der Waals surface area contributed by atoms with Crippen molar-refractivity contribution in [2.45, 2.75) is 50.2 Å². The zero-order valence-corrected chi connectivity index (χ0v) is 27.5. The van der Waals surface area contributed by atoms with Gasteiger partial charge >= 0.3 is 0 Å². The minimum absolute atomic E-state index is 0.0507. The first-order chi connectivity index (χ1) is 22.0. The number of ether oxygens (including phenoxy) is 1. The van der Waals surface area contributed by atoms with Gasteiger partial charge in [-0.25, -0.2) is 12.8 Å². The van der Waals surface area contributed by atoms with Crippen molar-refractivity contribution in [1.82, 2.24) is 10.2 Å². The first kappa shape index (κ1) is 34.5. The number of nitrogens with zero attached hydrogens (tertiary/aromatic N) is 2. The first-order valence-electron chi connectivity index (χ1n) is 14.8. The Kier molecular flexibility index (Phi) is 11.8. The van der Waals surface area contributed by atoms with E-state index in [0.29, 0.717) is 12.0 Å². The van der Waals surface area contributed by atoms with Crippen LogP contribution in [-0.2, 0) is 32.6 Å². The van der Waals surface area contributed by atoms with Gasteiger partial charge in [0.1, 0.15) is 24.2 Å². The van der Waals surface area contributed by atoms with Gasteiger partial charge in [-0.2, -0.15) is 0 Å². The van der Waals surface area contributed by atoms with Crippen LogP contribution >= 0.6 is 11.6 Å². The third kappa shape index (κ3) is 8.64. The summed E-state index contributed by atoms with van der Waals surface area (Å²) in [5, 5.41) is 3.22. The smallest absolute Gasteiger partial charge is 0.264 e. The zero-order chi connectivity index (χ0) is 33.3. The molecule has 0 saturated carbocycles. The van der Waals surface area contributed by atoms with Crippen LogP contribution in [0.15, 0.2) is 108 Å². The second-order valence-electron chi connectivity index (χ2n) is 10.8. The molecular weight excluding hydrogens is 629 g/mol. The fourth-order valence-electron chi connectivity index (χ4n) is 4.87. The highest BCUT2D eigenvalue weighted by molar-refractivity contribution is 7.92. The first-order valence-corrected chi connectivity index (χ1v) is 16.6. The van der Waals surface area contributed by atoms with Gasteiger partial charge in [0, 0.05) is 24.0 Å². The Hall–Kier alpha value is -4.41. The van der Waals surface area contributed by atoms with Gasteiger partial charge in [-0.15, -0.1) is 0 Å². The van der Waals surface area contributed by atoms with Crippen molar-refractivity contribution in [2.75, 3.05) is 18.0 Å². The Balaban J connectivity index is 1.84. The van der Waals surface area contributed by atoms with Crippen molar-refractivity contribution >= 4 is 39.1 Å². The molecule has 0 aliphatic carbocycles. The average molecular weight is 666 g/mol. The van der Waals surface area contributed by atoms with E-state index in [4.69, 9.17) is 16.3 Å². The molecule has 0 heterocycles. The van der Waals surface area contributed by atoms with Gasteiger partial charge in [-0.05, 0) is 66.9 Å². The van der Waals surface area contributed by atoms with E-state index >= 15 is 0 Å². The summed E-state index contributed by atoms with van der Waals surface area (Å²) in [6.07, 6.45) is 0.815. The molecule has 0 aliphatic rings. The molecule has 2 amide bonds. The molecule has 0 bridgehead atoms. The van der Waals surface area contributed by atoms with Gasteiger partial charge in [-0.3, -0.25) is 13.9 Å². The largest absolute Gasteiger partial charge is 0.495 e. The Bertz CT molecular complexity index is 1720. The monoisotopic (exact) mass is 665 g/mol. The second kappa shape index (κ2) is 15.7. The van der Waals surface area contributed by atoms with Crippen LogP contribution in [-0.4, -0.2) is 50.9 Å². The van der Waals surface area contributed by atoms with Crippen LogP contribution in [0.4, 0.5) is 10.1 Å². The lowest BCUT2D eigenvalue weighted by molar-refractivity contribution is -0.140. The average Bonchev–Trinajstić information content (AvgIpc) is 3.06. The normalized spacial score (nSPS) is 12.5. The maximum absolute atomic E-state index is 14.5. The molecule has 0 unspecified atom stereocenters. The van der Waals surface area contributed by atoms with Crippen molar-refractivity contribution in [2.24, 2.45) is 0 Å². The molecule has 46 heavy (non-hydrogen) atoms. The fourth-order valence-corrected chi connectivity index (χ4v) is 6.48. The molecule has 242 valence electrons. The number of halogens is 2. The van der Waals surface area contributed by atoms with Crippen LogP contribution in [0.3, 0.4) is 0 Å². The second-order valence-corrected chi connectivity index (χ2v) is 13.1. The summed E-state index contributed by atoms with van der Waals surface area (Å²) in [6, 6.07) is 25.8. The standard InChI is InChI=1S/C35H37ClFN3O5S/c1-4-25(2)38-35(42)32(21-26-11-7-5-8-12-26)39(23-27-15-18-29(37)19-16-27)34(41)24-40(31-22-28(36)17-20-33(31)45-3)46(43,44)30-13-9-6-10-14-30/h5-20,22,25,32H,4,21,23-24H2,1-3H3,(H,38,42)/t25-,32-/m0/s1. The molecule has 0 spiro atoms. The molecule has 0 fully saturated rings. The van der Waals surface area contributed by atoms with Crippen LogP contribution < -0.4 is 14.4 Å². The summed E-state index contributed by atoms with van der Waals surface area (Å²) in [5.74, 6) is -1.33. The van der Waals surface area contributed by atoms with Crippen LogP contribution in [0.2, 0.25) is 5.02 Å². The third-order valence-electron chi connectivity index (χ3n) is 7.56. The highest BCUT2D eigenvalue weighted by Gasteiger charge is 2.36. The van der Waals surface area contributed by atoms with Gasteiger partial charge in [0.15, 0.2) is 0 Å². The third-order valence-corrected chi connectivity index (χ3v) is 9.57. The quantitative estimate of drug-likeness (QED) is 0.172. The summed E-state index contributed by atoms with van der Waals surface area (Å²) in [7, 11) is -2.95.